The standard InChI is InChI=1S/C14H15NO/c1-11-7-8-13(10-15-14(16)9-11)12-5-3-2-4-6-12/h2-7,10H,8-9H2,1H3,(H,15,16)/b11-7-,13-10+. The van der Waals surface area contributed by atoms with Crippen LogP contribution in [0.15, 0.2) is 48.2 Å². The van der Waals surface area contributed by atoms with Gasteiger partial charge in [0.25, 0.3) is 0 Å². The van der Waals surface area contributed by atoms with Gasteiger partial charge in [0.1, 0.15) is 0 Å². The molecule has 1 amide bonds. The van der Waals surface area contributed by atoms with Crippen LogP contribution < -0.4 is 5.32 Å². The summed E-state index contributed by atoms with van der Waals surface area (Å²) in [5.74, 6) is 0.0573. The lowest BCUT2D eigenvalue weighted by atomic mass is 10.0. The second-order valence-electron chi connectivity index (χ2n) is 4.03. The highest BCUT2D eigenvalue weighted by atomic mass is 16.1. The SMILES string of the molecule is C/C1=C/C/C(c2ccccc2)=C\NC(=O)C1. The minimum Gasteiger partial charge on any atom is -0.332 e. The Hall–Kier alpha value is -1.83. The summed E-state index contributed by atoms with van der Waals surface area (Å²) in [6, 6.07) is 10.1. The molecule has 0 bridgehead atoms. The van der Waals surface area contributed by atoms with Crippen molar-refractivity contribution >= 4 is 11.5 Å². The molecule has 0 unspecified atom stereocenters. The minimum atomic E-state index is 0.0573. The van der Waals surface area contributed by atoms with Crippen LogP contribution in [-0.2, 0) is 4.79 Å². The number of allylic oxidation sites excluding steroid dienone is 2. The third kappa shape index (κ3) is 2.60. The average Bonchev–Trinajstić information content (AvgIpc) is 2.28. The van der Waals surface area contributed by atoms with Crippen molar-refractivity contribution in [2.24, 2.45) is 0 Å². The number of carbonyl (C=O) groups is 1. The molecule has 2 heteroatoms. The number of carbonyl (C=O) groups excluding carboxylic acids is 1. The van der Waals surface area contributed by atoms with Crippen molar-refractivity contribution in [1.29, 1.82) is 0 Å². The predicted molar refractivity (Wildman–Crippen MR) is 65.6 cm³/mol. The first-order valence-electron chi connectivity index (χ1n) is 5.45. The fourth-order valence-corrected chi connectivity index (χ4v) is 1.74. The summed E-state index contributed by atoms with van der Waals surface area (Å²) >= 11 is 0. The summed E-state index contributed by atoms with van der Waals surface area (Å²) in [5, 5.41) is 2.82. The Morgan fingerprint density at radius 2 is 1.94 bits per heavy atom. The molecular formula is C14H15NO. The first kappa shape index (κ1) is 10.7. The topological polar surface area (TPSA) is 29.1 Å². The van der Waals surface area contributed by atoms with Crippen LogP contribution in [0.1, 0.15) is 25.3 Å². The van der Waals surface area contributed by atoms with E-state index in [-0.39, 0.29) is 5.91 Å². The quantitative estimate of drug-likeness (QED) is 0.714. The summed E-state index contributed by atoms with van der Waals surface area (Å²) in [5.41, 5.74) is 3.43. The lowest BCUT2D eigenvalue weighted by molar-refractivity contribution is -0.119. The number of rotatable bonds is 1. The molecule has 1 aromatic rings. The molecule has 2 nitrogen and oxygen atoms in total. The number of benzene rings is 1. The summed E-state index contributed by atoms with van der Waals surface area (Å²) in [6.07, 6.45) is 5.31. The van der Waals surface area contributed by atoms with Gasteiger partial charge in [0.05, 0.1) is 0 Å². The van der Waals surface area contributed by atoms with Gasteiger partial charge in [-0.25, -0.2) is 0 Å². The maximum Gasteiger partial charge on any atom is 0.227 e. The molecule has 1 aromatic carbocycles. The lowest BCUT2D eigenvalue weighted by Gasteiger charge is -2.11. The maximum atomic E-state index is 11.4. The molecule has 1 heterocycles. The van der Waals surface area contributed by atoms with E-state index in [0.29, 0.717) is 6.42 Å². The molecule has 16 heavy (non-hydrogen) atoms. The van der Waals surface area contributed by atoms with E-state index in [4.69, 9.17) is 0 Å². The number of hydrogen-bond donors (Lipinski definition) is 1. The van der Waals surface area contributed by atoms with Crippen molar-refractivity contribution in [3.8, 4) is 0 Å². The van der Waals surface area contributed by atoms with Gasteiger partial charge in [0, 0.05) is 12.6 Å². The van der Waals surface area contributed by atoms with Gasteiger partial charge < -0.3 is 5.32 Å². The molecule has 82 valence electrons. The Morgan fingerprint density at radius 3 is 2.69 bits per heavy atom. The first-order valence-corrected chi connectivity index (χ1v) is 5.45. The van der Waals surface area contributed by atoms with E-state index in [9.17, 15) is 4.79 Å². The zero-order valence-corrected chi connectivity index (χ0v) is 9.36. The molecule has 1 N–H and O–H groups in total. The summed E-state index contributed by atoms with van der Waals surface area (Å²) < 4.78 is 0. The zero-order valence-electron chi connectivity index (χ0n) is 9.36. The molecule has 0 aliphatic carbocycles. The smallest absolute Gasteiger partial charge is 0.227 e. The van der Waals surface area contributed by atoms with Gasteiger partial charge in [-0.2, -0.15) is 0 Å². The van der Waals surface area contributed by atoms with Crippen molar-refractivity contribution in [2.75, 3.05) is 0 Å². The number of amides is 1. The van der Waals surface area contributed by atoms with Gasteiger partial charge in [-0.15, -0.1) is 0 Å². The summed E-state index contributed by atoms with van der Waals surface area (Å²) in [7, 11) is 0. The molecular weight excluding hydrogens is 198 g/mol. The summed E-state index contributed by atoms with van der Waals surface area (Å²) in [6.45, 7) is 1.99. The number of nitrogens with one attached hydrogen (secondary N) is 1. The molecule has 0 atom stereocenters. The molecule has 1 aliphatic rings. The van der Waals surface area contributed by atoms with E-state index in [1.807, 2.05) is 31.3 Å². The van der Waals surface area contributed by atoms with Crippen molar-refractivity contribution in [3.05, 3.63) is 53.7 Å². The average molecular weight is 213 g/mol. The highest BCUT2D eigenvalue weighted by Gasteiger charge is 2.07. The van der Waals surface area contributed by atoms with Gasteiger partial charge in [0.2, 0.25) is 5.91 Å². The second kappa shape index (κ2) is 4.79. The highest BCUT2D eigenvalue weighted by molar-refractivity contribution is 5.82. The molecule has 0 saturated carbocycles. The Morgan fingerprint density at radius 1 is 1.19 bits per heavy atom. The van der Waals surface area contributed by atoms with Gasteiger partial charge >= 0.3 is 0 Å². The van der Waals surface area contributed by atoms with Crippen LogP contribution in [0.3, 0.4) is 0 Å². The van der Waals surface area contributed by atoms with E-state index >= 15 is 0 Å². The second-order valence-corrected chi connectivity index (χ2v) is 4.03. The summed E-state index contributed by atoms with van der Waals surface area (Å²) in [4.78, 5) is 11.4. The van der Waals surface area contributed by atoms with Crippen LogP contribution in [0.25, 0.3) is 5.57 Å². The van der Waals surface area contributed by atoms with E-state index in [0.717, 1.165) is 23.1 Å². The highest BCUT2D eigenvalue weighted by Crippen LogP contribution is 2.20. The van der Waals surface area contributed by atoms with E-state index in [1.54, 1.807) is 0 Å². The fourth-order valence-electron chi connectivity index (χ4n) is 1.74. The van der Waals surface area contributed by atoms with Gasteiger partial charge in [-0.05, 0) is 24.5 Å². The minimum absolute atomic E-state index is 0.0573. The Labute approximate surface area is 95.7 Å². The molecule has 2 rings (SSSR count). The van der Waals surface area contributed by atoms with E-state index in [1.165, 1.54) is 0 Å². The predicted octanol–water partition coefficient (Wildman–Crippen LogP) is 2.88. The molecule has 0 radical (unpaired) electrons. The van der Waals surface area contributed by atoms with Crippen LogP contribution in [0.5, 0.6) is 0 Å². The Bertz CT molecular complexity index is 443. The van der Waals surface area contributed by atoms with Crippen LogP contribution in [0.2, 0.25) is 0 Å². The first-order chi connectivity index (χ1) is 7.75. The van der Waals surface area contributed by atoms with Crippen LogP contribution in [0.4, 0.5) is 0 Å². The van der Waals surface area contributed by atoms with Gasteiger partial charge in [-0.1, -0.05) is 42.0 Å². The Kier molecular flexibility index (Phi) is 3.20. The van der Waals surface area contributed by atoms with E-state index < -0.39 is 0 Å². The number of hydrogen-bond acceptors (Lipinski definition) is 1. The van der Waals surface area contributed by atoms with Crippen molar-refractivity contribution in [2.45, 2.75) is 19.8 Å². The molecule has 0 fully saturated rings. The van der Waals surface area contributed by atoms with Crippen molar-refractivity contribution in [1.82, 2.24) is 5.32 Å². The maximum absolute atomic E-state index is 11.4. The molecule has 0 spiro atoms. The Balaban J connectivity index is 2.27. The van der Waals surface area contributed by atoms with Crippen LogP contribution in [-0.4, -0.2) is 5.91 Å². The molecule has 1 aliphatic heterocycles. The zero-order chi connectivity index (χ0) is 11.4. The monoisotopic (exact) mass is 213 g/mol. The van der Waals surface area contributed by atoms with Crippen LogP contribution >= 0.6 is 0 Å². The third-order valence-corrected chi connectivity index (χ3v) is 2.66. The largest absolute Gasteiger partial charge is 0.332 e. The van der Waals surface area contributed by atoms with E-state index in [2.05, 4.69) is 23.5 Å². The molecule has 0 saturated heterocycles. The van der Waals surface area contributed by atoms with Crippen molar-refractivity contribution < 1.29 is 4.79 Å². The lowest BCUT2D eigenvalue weighted by Crippen LogP contribution is -2.18. The third-order valence-electron chi connectivity index (χ3n) is 2.66. The van der Waals surface area contributed by atoms with Crippen molar-refractivity contribution in [3.63, 3.8) is 0 Å². The normalized spacial score (nSPS) is 23.2. The fraction of sp³-hybridized carbons (Fsp3) is 0.214. The van der Waals surface area contributed by atoms with Gasteiger partial charge in [0.15, 0.2) is 0 Å². The van der Waals surface area contributed by atoms with Crippen LogP contribution in [0, 0.1) is 0 Å². The van der Waals surface area contributed by atoms with Gasteiger partial charge in [-0.3, -0.25) is 4.79 Å². The molecule has 0 aromatic heterocycles.